The Morgan fingerprint density at radius 3 is 2.96 bits per heavy atom. The van der Waals surface area contributed by atoms with Gasteiger partial charge in [0, 0.05) is 25.6 Å². The van der Waals surface area contributed by atoms with E-state index in [2.05, 4.69) is 30.0 Å². The van der Waals surface area contributed by atoms with Gasteiger partial charge in [0.15, 0.2) is 0 Å². The zero-order valence-electron chi connectivity index (χ0n) is 15.0. The molecule has 132 valence electrons. The SMILES string of the molecule is CCN1CC(c2ccc3c(c2)CCO3)CC1CCC1CCCCO1. The summed E-state index contributed by atoms with van der Waals surface area (Å²) in [6, 6.07) is 7.63. The quantitative estimate of drug-likeness (QED) is 0.810. The molecule has 0 amide bonds. The van der Waals surface area contributed by atoms with Crippen LogP contribution in [-0.2, 0) is 11.2 Å². The summed E-state index contributed by atoms with van der Waals surface area (Å²) in [5.74, 6) is 1.79. The second kappa shape index (κ2) is 7.45. The summed E-state index contributed by atoms with van der Waals surface area (Å²) < 4.78 is 11.6. The van der Waals surface area contributed by atoms with Gasteiger partial charge in [-0.3, -0.25) is 0 Å². The second-order valence-electron chi connectivity index (χ2n) is 7.71. The van der Waals surface area contributed by atoms with Gasteiger partial charge in [-0.25, -0.2) is 0 Å². The Labute approximate surface area is 146 Å². The molecule has 3 heterocycles. The topological polar surface area (TPSA) is 21.7 Å². The second-order valence-corrected chi connectivity index (χ2v) is 7.71. The highest BCUT2D eigenvalue weighted by atomic mass is 16.5. The molecular weight excluding hydrogens is 298 g/mol. The fraction of sp³-hybridized carbons (Fsp3) is 0.714. The summed E-state index contributed by atoms with van der Waals surface area (Å²) in [5.41, 5.74) is 2.93. The van der Waals surface area contributed by atoms with E-state index in [0.717, 1.165) is 31.4 Å². The van der Waals surface area contributed by atoms with E-state index in [1.54, 1.807) is 0 Å². The number of ether oxygens (including phenoxy) is 2. The summed E-state index contributed by atoms with van der Waals surface area (Å²) in [7, 11) is 0. The molecule has 3 aliphatic heterocycles. The van der Waals surface area contributed by atoms with E-state index in [4.69, 9.17) is 9.47 Å². The molecule has 0 aromatic heterocycles. The van der Waals surface area contributed by atoms with E-state index in [9.17, 15) is 0 Å². The normalized spacial score (nSPS) is 30.3. The van der Waals surface area contributed by atoms with Crippen LogP contribution in [0.4, 0.5) is 0 Å². The van der Waals surface area contributed by atoms with E-state index in [-0.39, 0.29) is 0 Å². The maximum atomic E-state index is 5.94. The Kier molecular flexibility index (Phi) is 5.09. The highest BCUT2D eigenvalue weighted by Crippen LogP contribution is 2.37. The predicted molar refractivity (Wildman–Crippen MR) is 96.9 cm³/mol. The van der Waals surface area contributed by atoms with Crippen LogP contribution in [0.15, 0.2) is 18.2 Å². The van der Waals surface area contributed by atoms with Crippen molar-refractivity contribution < 1.29 is 9.47 Å². The molecule has 0 N–H and O–H groups in total. The standard InChI is InChI=1S/C21H31NO2/c1-2-22-15-18(16-6-9-21-17(13-16)10-12-24-21)14-19(22)7-8-20-5-3-4-11-23-20/h6,9,13,18-20H,2-5,7-8,10-12,14-15H2,1H3. The highest BCUT2D eigenvalue weighted by molar-refractivity contribution is 5.41. The van der Waals surface area contributed by atoms with Gasteiger partial charge in [-0.15, -0.1) is 0 Å². The lowest BCUT2D eigenvalue weighted by molar-refractivity contribution is 0.00658. The summed E-state index contributed by atoms with van der Waals surface area (Å²) in [6.45, 7) is 6.53. The molecule has 3 atom stereocenters. The first kappa shape index (κ1) is 16.4. The predicted octanol–water partition coefficient (Wildman–Crippen LogP) is 4.15. The van der Waals surface area contributed by atoms with Crippen molar-refractivity contribution in [1.29, 1.82) is 0 Å². The van der Waals surface area contributed by atoms with Gasteiger partial charge in [0.05, 0.1) is 12.7 Å². The first-order chi connectivity index (χ1) is 11.8. The Balaban J connectivity index is 1.38. The minimum atomic E-state index is 0.522. The molecule has 0 saturated carbocycles. The molecule has 4 rings (SSSR count). The Bertz CT molecular complexity index is 553. The summed E-state index contributed by atoms with van der Waals surface area (Å²) in [4.78, 5) is 2.69. The van der Waals surface area contributed by atoms with E-state index in [1.165, 1.54) is 62.7 Å². The molecule has 3 unspecified atom stereocenters. The fourth-order valence-electron chi connectivity index (χ4n) is 4.79. The van der Waals surface area contributed by atoms with Crippen LogP contribution < -0.4 is 4.74 Å². The molecule has 24 heavy (non-hydrogen) atoms. The van der Waals surface area contributed by atoms with Crippen molar-refractivity contribution in [1.82, 2.24) is 4.90 Å². The summed E-state index contributed by atoms with van der Waals surface area (Å²) >= 11 is 0. The van der Waals surface area contributed by atoms with Crippen molar-refractivity contribution >= 4 is 0 Å². The molecule has 0 bridgehead atoms. The third-order valence-corrected chi connectivity index (χ3v) is 6.21. The molecule has 3 nitrogen and oxygen atoms in total. The van der Waals surface area contributed by atoms with Gasteiger partial charge in [-0.05, 0) is 68.2 Å². The first-order valence-electron chi connectivity index (χ1n) is 9.94. The molecule has 0 spiro atoms. The maximum Gasteiger partial charge on any atom is 0.122 e. The third-order valence-electron chi connectivity index (χ3n) is 6.21. The number of nitrogens with zero attached hydrogens (tertiary/aromatic N) is 1. The van der Waals surface area contributed by atoms with Crippen LogP contribution >= 0.6 is 0 Å². The molecule has 1 aromatic carbocycles. The van der Waals surface area contributed by atoms with Gasteiger partial charge in [-0.2, -0.15) is 0 Å². The van der Waals surface area contributed by atoms with Gasteiger partial charge >= 0.3 is 0 Å². The number of fused-ring (bicyclic) bond motifs is 1. The number of hydrogen-bond acceptors (Lipinski definition) is 3. The molecule has 3 aliphatic rings. The van der Waals surface area contributed by atoms with E-state index >= 15 is 0 Å². The van der Waals surface area contributed by atoms with Gasteiger partial charge < -0.3 is 14.4 Å². The van der Waals surface area contributed by atoms with Crippen molar-refractivity contribution in [3.8, 4) is 5.75 Å². The van der Waals surface area contributed by atoms with Crippen molar-refractivity contribution in [2.45, 2.75) is 69.9 Å². The van der Waals surface area contributed by atoms with Gasteiger partial charge in [0.25, 0.3) is 0 Å². The van der Waals surface area contributed by atoms with Crippen LogP contribution in [0.5, 0.6) is 5.75 Å². The lowest BCUT2D eigenvalue weighted by Gasteiger charge is -2.27. The van der Waals surface area contributed by atoms with Crippen LogP contribution in [0.1, 0.15) is 62.5 Å². The largest absolute Gasteiger partial charge is 0.493 e. The Morgan fingerprint density at radius 1 is 1.17 bits per heavy atom. The first-order valence-corrected chi connectivity index (χ1v) is 9.94. The number of likely N-dealkylation sites (tertiary alicyclic amines) is 1. The summed E-state index contributed by atoms with van der Waals surface area (Å²) in [5, 5.41) is 0. The van der Waals surface area contributed by atoms with Crippen LogP contribution in [0.2, 0.25) is 0 Å². The van der Waals surface area contributed by atoms with Gasteiger partial charge in [0.1, 0.15) is 5.75 Å². The average molecular weight is 329 g/mol. The maximum absolute atomic E-state index is 5.94. The highest BCUT2D eigenvalue weighted by Gasteiger charge is 2.32. The van der Waals surface area contributed by atoms with Crippen LogP contribution in [0.3, 0.4) is 0 Å². The number of likely N-dealkylation sites (N-methyl/N-ethyl adjacent to an activating group) is 1. The molecule has 2 saturated heterocycles. The van der Waals surface area contributed by atoms with Crippen LogP contribution in [-0.4, -0.2) is 43.3 Å². The van der Waals surface area contributed by atoms with Gasteiger partial charge in [-0.1, -0.05) is 19.1 Å². The number of hydrogen-bond donors (Lipinski definition) is 0. The Hall–Kier alpha value is -1.06. The van der Waals surface area contributed by atoms with Crippen molar-refractivity contribution in [2.75, 3.05) is 26.3 Å². The van der Waals surface area contributed by atoms with E-state index < -0.39 is 0 Å². The monoisotopic (exact) mass is 329 g/mol. The lowest BCUT2D eigenvalue weighted by atomic mass is 9.92. The number of rotatable bonds is 5. The third kappa shape index (κ3) is 3.48. The van der Waals surface area contributed by atoms with Crippen molar-refractivity contribution in [2.24, 2.45) is 0 Å². The van der Waals surface area contributed by atoms with Crippen molar-refractivity contribution in [3.63, 3.8) is 0 Å². The fourth-order valence-corrected chi connectivity index (χ4v) is 4.79. The number of benzene rings is 1. The molecule has 0 radical (unpaired) electrons. The van der Waals surface area contributed by atoms with E-state index in [1.807, 2.05) is 0 Å². The summed E-state index contributed by atoms with van der Waals surface area (Å²) in [6.07, 6.45) is 9.32. The van der Waals surface area contributed by atoms with Crippen molar-refractivity contribution in [3.05, 3.63) is 29.3 Å². The lowest BCUT2D eigenvalue weighted by Crippen LogP contribution is -2.30. The molecule has 1 aromatic rings. The minimum Gasteiger partial charge on any atom is -0.493 e. The zero-order valence-corrected chi connectivity index (χ0v) is 15.0. The van der Waals surface area contributed by atoms with Crippen LogP contribution in [0.25, 0.3) is 0 Å². The Morgan fingerprint density at radius 2 is 2.12 bits per heavy atom. The smallest absolute Gasteiger partial charge is 0.122 e. The minimum absolute atomic E-state index is 0.522. The molecule has 0 aliphatic carbocycles. The zero-order chi connectivity index (χ0) is 16.4. The molecule has 3 heteroatoms. The molecule has 2 fully saturated rings. The average Bonchev–Trinajstić information content (AvgIpc) is 3.26. The van der Waals surface area contributed by atoms with Gasteiger partial charge in [0.2, 0.25) is 0 Å². The molecular formula is C21H31NO2. The van der Waals surface area contributed by atoms with Crippen LogP contribution in [0, 0.1) is 0 Å². The van der Waals surface area contributed by atoms with E-state index in [0.29, 0.717) is 12.0 Å².